The quantitative estimate of drug-likeness (QED) is 0.324. The third kappa shape index (κ3) is 5.28. The van der Waals surface area contributed by atoms with Crippen LogP contribution >= 0.6 is 11.3 Å². The summed E-state index contributed by atoms with van der Waals surface area (Å²) >= 11 is 1.38. The summed E-state index contributed by atoms with van der Waals surface area (Å²) in [4.78, 5) is 24.0. The molecule has 31 heavy (non-hydrogen) atoms. The number of hydroxylamine groups is 1. The summed E-state index contributed by atoms with van der Waals surface area (Å²) in [6.45, 7) is 3.40. The SMILES string of the molecule is COc1ccc(S(=O)(=O)N(Cc2csc(C)n2)C(Cc2cnc(C)[nH]2)C(=O)NO)cc1. The molecular formula is C19H23N5O5S2. The van der Waals surface area contributed by atoms with Gasteiger partial charge < -0.3 is 9.72 Å². The number of hydrogen-bond donors (Lipinski definition) is 3. The lowest BCUT2D eigenvalue weighted by Crippen LogP contribution is -2.49. The lowest BCUT2D eigenvalue weighted by Gasteiger charge is -2.28. The number of carbonyl (C=O) groups is 1. The zero-order valence-electron chi connectivity index (χ0n) is 17.2. The number of hydrogen-bond acceptors (Lipinski definition) is 8. The zero-order valence-corrected chi connectivity index (χ0v) is 18.8. The number of sulfonamides is 1. The van der Waals surface area contributed by atoms with Crippen molar-refractivity contribution in [3.05, 3.63) is 58.1 Å². The van der Waals surface area contributed by atoms with E-state index in [0.29, 0.717) is 23.0 Å². The van der Waals surface area contributed by atoms with Crippen LogP contribution in [0.1, 0.15) is 22.2 Å². The summed E-state index contributed by atoms with van der Waals surface area (Å²) in [5.41, 5.74) is 2.64. The first-order valence-electron chi connectivity index (χ1n) is 9.26. The molecule has 0 aliphatic heterocycles. The Balaban J connectivity index is 2.06. The van der Waals surface area contributed by atoms with Crippen molar-refractivity contribution in [3.8, 4) is 5.75 Å². The molecule has 0 fully saturated rings. The van der Waals surface area contributed by atoms with Gasteiger partial charge in [0.15, 0.2) is 0 Å². The van der Waals surface area contributed by atoms with Gasteiger partial charge >= 0.3 is 0 Å². The van der Waals surface area contributed by atoms with E-state index in [2.05, 4.69) is 15.0 Å². The van der Waals surface area contributed by atoms with E-state index < -0.39 is 22.0 Å². The maximum Gasteiger partial charge on any atom is 0.262 e. The Morgan fingerprint density at radius 1 is 1.32 bits per heavy atom. The van der Waals surface area contributed by atoms with E-state index in [1.54, 1.807) is 17.8 Å². The van der Waals surface area contributed by atoms with Gasteiger partial charge in [-0.05, 0) is 38.1 Å². The van der Waals surface area contributed by atoms with E-state index >= 15 is 0 Å². The highest BCUT2D eigenvalue weighted by molar-refractivity contribution is 7.89. The summed E-state index contributed by atoms with van der Waals surface area (Å²) in [6.07, 6.45) is 1.50. The number of aromatic nitrogens is 3. The van der Waals surface area contributed by atoms with Gasteiger partial charge in [-0.2, -0.15) is 4.31 Å². The van der Waals surface area contributed by atoms with Gasteiger partial charge in [-0.1, -0.05) is 0 Å². The van der Waals surface area contributed by atoms with Gasteiger partial charge in [-0.3, -0.25) is 10.0 Å². The molecule has 1 aromatic carbocycles. The first-order chi connectivity index (χ1) is 14.7. The normalized spacial score (nSPS) is 12.7. The van der Waals surface area contributed by atoms with Gasteiger partial charge in [0.2, 0.25) is 10.0 Å². The highest BCUT2D eigenvalue weighted by Crippen LogP contribution is 2.25. The highest BCUT2D eigenvalue weighted by Gasteiger charge is 2.37. The van der Waals surface area contributed by atoms with E-state index in [9.17, 15) is 18.4 Å². The fourth-order valence-corrected chi connectivity index (χ4v) is 5.23. The molecule has 10 nitrogen and oxygen atoms in total. The minimum atomic E-state index is -4.15. The molecule has 2 heterocycles. The van der Waals surface area contributed by atoms with Crippen molar-refractivity contribution in [2.75, 3.05) is 7.11 Å². The van der Waals surface area contributed by atoms with Crippen molar-refractivity contribution in [3.63, 3.8) is 0 Å². The van der Waals surface area contributed by atoms with Gasteiger partial charge in [0, 0.05) is 23.7 Å². The predicted octanol–water partition coefficient (Wildman–Crippen LogP) is 1.80. The van der Waals surface area contributed by atoms with Crippen LogP contribution in [-0.2, 0) is 27.8 Å². The summed E-state index contributed by atoms with van der Waals surface area (Å²) in [7, 11) is -2.67. The molecule has 1 unspecified atom stereocenters. The second-order valence-corrected chi connectivity index (χ2v) is 9.73. The van der Waals surface area contributed by atoms with E-state index in [0.717, 1.165) is 9.31 Å². The third-order valence-corrected chi connectivity index (χ3v) is 7.27. The number of ether oxygens (including phenoxy) is 1. The molecule has 3 N–H and O–H groups in total. The van der Waals surface area contributed by atoms with Crippen LogP contribution in [0.15, 0.2) is 40.7 Å². The fourth-order valence-electron chi connectivity index (χ4n) is 3.07. The Morgan fingerprint density at radius 2 is 2.03 bits per heavy atom. The maximum absolute atomic E-state index is 13.6. The number of nitrogens with one attached hydrogen (secondary N) is 2. The number of amides is 1. The molecule has 0 saturated heterocycles. The Hall–Kier alpha value is -2.80. The number of carbonyl (C=O) groups excluding carboxylic acids is 1. The van der Waals surface area contributed by atoms with Gasteiger partial charge in [0.1, 0.15) is 17.6 Å². The van der Waals surface area contributed by atoms with Crippen LogP contribution < -0.4 is 10.2 Å². The molecule has 2 aromatic heterocycles. The van der Waals surface area contributed by atoms with Crippen molar-refractivity contribution in [1.29, 1.82) is 0 Å². The number of thiazole rings is 1. The number of nitrogens with zero attached hydrogens (tertiary/aromatic N) is 3. The average Bonchev–Trinajstić information content (AvgIpc) is 3.37. The van der Waals surface area contributed by atoms with Crippen LogP contribution in [-0.4, -0.2) is 51.9 Å². The van der Waals surface area contributed by atoms with Crippen LogP contribution in [0.4, 0.5) is 0 Å². The van der Waals surface area contributed by atoms with Crippen molar-refractivity contribution in [2.24, 2.45) is 0 Å². The van der Waals surface area contributed by atoms with E-state index in [4.69, 9.17) is 4.74 Å². The minimum Gasteiger partial charge on any atom is -0.497 e. The molecule has 1 amide bonds. The largest absolute Gasteiger partial charge is 0.497 e. The number of benzene rings is 1. The molecule has 3 rings (SSSR count). The monoisotopic (exact) mass is 465 g/mol. The molecule has 1 atom stereocenters. The summed E-state index contributed by atoms with van der Waals surface area (Å²) < 4.78 is 33.3. The Bertz CT molecular complexity index is 1140. The molecule has 0 radical (unpaired) electrons. The van der Waals surface area contributed by atoms with E-state index in [-0.39, 0.29) is 17.9 Å². The Morgan fingerprint density at radius 3 is 2.55 bits per heavy atom. The second kappa shape index (κ2) is 9.56. The van der Waals surface area contributed by atoms with Crippen LogP contribution in [0, 0.1) is 13.8 Å². The molecule has 0 aliphatic carbocycles. The fraction of sp³-hybridized carbons (Fsp3) is 0.316. The van der Waals surface area contributed by atoms with Crippen molar-refractivity contribution < 1.29 is 23.2 Å². The highest BCUT2D eigenvalue weighted by atomic mass is 32.2. The molecule has 12 heteroatoms. The summed E-state index contributed by atoms with van der Waals surface area (Å²) in [5, 5.41) is 11.8. The number of aryl methyl sites for hydroxylation is 2. The minimum absolute atomic E-state index is 0.0169. The standard InChI is InChI=1S/C19H23N5O5S2/c1-12-20-9-14(21-12)8-18(19(25)23-26)24(10-15-11-30-13(2)22-15)31(27,28)17-6-4-16(29-3)5-7-17/h4-7,9,11,18,26H,8,10H2,1-3H3,(H,20,21)(H,23,25). The van der Waals surface area contributed by atoms with Gasteiger partial charge in [-0.15, -0.1) is 11.3 Å². The molecule has 166 valence electrons. The average molecular weight is 466 g/mol. The molecular weight excluding hydrogens is 442 g/mol. The van der Waals surface area contributed by atoms with Gasteiger partial charge in [0.25, 0.3) is 5.91 Å². The maximum atomic E-state index is 13.6. The van der Waals surface area contributed by atoms with Crippen molar-refractivity contribution in [1.82, 2.24) is 24.7 Å². The zero-order chi connectivity index (χ0) is 22.6. The van der Waals surface area contributed by atoms with E-state index in [1.165, 1.54) is 48.9 Å². The molecule has 3 aromatic rings. The molecule has 0 spiro atoms. The number of rotatable bonds is 9. The van der Waals surface area contributed by atoms with E-state index in [1.807, 2.05) is 6.92 Å². The van der Waals surface area contributed by atoms with Crippen LogP contribution in [0.25, 0.3) is 0 Å². The lowest BCUT2D eigenvalue weighted by atomic mass is 10.1. The number of aromatic amines is 1. The number of H-pyrrole nitrogens is 1. The van der Waals surface area contributed by atoms with Crippen LogP contribution in [0.3, 0.4) is 0 Å². The van der Waals surface area contributed by atoms with Crippen LogP contribution in [0.5, 0.6) is 5.75 Å². The first kappa shape index (κ1) is 22.9. The Labute approximate surface area is 183 Å². The third-order valence-electron chi connectivity index (χ3n) is 4.58. The number of imidazole rings is 1. The first-order valence-corrected chi connectivity index (χ1v) is 11.6. The Kier molecular flexibility index (Phi) is 7.05. The smallest absolute Gasteiger partial charge is 0.262 e. The van der Waals surface area contributed by atoms with Crippen molar-refractivity contribution in [2.45, 2.75) is 37.8 Å². The number of methoxy groups -OCH3 is 1. The van der Waals surface area contributed by atoms with Gasteiger partial charge in [-0.25, -0.2) is 23.9 Å². The summed E-state index contributed by atoms with van der Waals surface area (Å²) in [5.74, 6) is 0.257. The topological polar surface area (TPSA) is 138 Å². The lowest BCUT2D eigenvalue weighted by molar-refractivity contribution is -0.133. The molecule has 0 saturated carbocycles. The molecule has 0 bridgehead atoms. The van der Waals surface area contributed by atoms with Gasteiger partial charge in [0.05, 0.1) is 29.3 Å². The van der Waals surface area contributed by atoms with Crippen LogP contribution in [0.2, 0.25) is 0 Å². The second-order valence-electron chi connectivity index (χ2n) is 6.77. The summed E-state index contributed by atoms with van der Waals surface area (Å²) in [6, 6.07) is 4.61. The van der Waals surface area contributed by atoms with Crippen molar-refractivity contribution >= 4 is 27.3 Å². The predicted molar refractivity (Wildman–Crippen MR) is 113 cm³/mol. The molecule has 0 aliphatic rings.